The fourth-order valence-corrected chi connectivity index (χ4v) is 1.33. The lowest BCUT2D eigenvalue weighted by molar-refractivity contribution is -0.119. The van der Waals surface area contributed by atoms with E-state index in [0.717, 1.165) is 12.8 Å². The number of carbonyl (C=O) groups is 1. The summed E-state index contributed by atoms with van der Waals surface area (Å²) in [4.78, 5) is 11.2. The normalized spacial score (nSPS) is 25.2. The van der Waals surface area contributed by atoms with Gasteiger partial charge in [-0.05, 0) is 31.8 Å². The highest BCUT2D eigenvalue weighted by Gasteiger charge is 2.37. The zero-order valence-corrected chi connectivity index (χ0v) is 8.36. The first-order valence-electron chi connectivity index (χ1n) is 4.70. The molecule has 1 saturated carbocycles. The Balaban J connectivity index is 2.39. The van der Waals surface area contributed by atoms with E-state index in [-0.39, 0.29) is 6.04 Å². The van der Waals surface area contributed by atoms with Gasteiger partial charge in [0.15, 0.2) is 5.83 Å². The first-order chi connectivity index (χ1) is 6.06. The van der Waals surface area contributed by atoms with Crippen LogP contribution < -0.4 is 5.32 Å². The van der Waals surface area contributed by atoms with Gasteiger partial charge in [-0.3, -0.25) is 4.79 Å². The molecule has 2 atom stereocenters. The van der Waals surface area contributed by atoms with E-state index in [1.807, 2.05) is 0 Å². The average molecular weight is 185 g/mol. The lowest BCUT2D eigenvalue weighted by Gasteiger charge is -2.02. The largest absolute Gasteiger partial charge is 0.347 e. The van der Waals surface area contributed by atoms with Crippen molar-refractivity contribution in [3.8, 4) is 0 Å². The summed E-state index contributed by atoms with van der Waals surface area (Å²) in [6.45, 7) is 5.27. The number of carbonyl (C=O) groups excluding carboxylic acids is 1. The molecule has 1 N–H and O–H groups in total. The van der Waals surface area contributed by atoms with Crippen LogP contribution in [0.5, 0.6) is 0 Å². The standard InChI is InChI=1S/C10H16FNO/c1-4-7-5-8(7)12-10(13)9(11)6(2)3/h7-8H,4-5H2,1-3H3,(H,12,13)/t7-,8-/m1/s1. The Hall–Kier alpha value is -0.860. The molecule has 13 heavy (non-hydrogen) atoms. The van der Waals surface area contributed by atoms with Gasteiger partial charge in [-0.25, -0.2) is 4.39 Å². The van der Waals surface area contributed by atoms with Crippen LogP contribution in [0.4, 0.5) is 4.39 Å². The van der Waals surface area contributed by atoms with E-state index in [1.54, 1.807) is 13.8 Å². The molecule has 1 amide bonds. The van der Waals surface area contributed by atoms with Gasteiger partial charge in [-0.15, -0.1) is 0 Å². The maximum absolute atomic E-state index is 13.0. The molecule has 2 nitrogen and oxygen atoms in total. The Morgan fingerprint density at radius 2 is 2.15 bits per heavy atom. The Morgan fingerprint density at radius 1 is 1.54 bits per heavy atom. The van der Waals surface area contributed by atoms with E-state index in [4.69, 9.17) is 0 Å². The zero-order chi connectivity index (χ0) is 10.0. The molecule has 0 bridgehead atoms. The summed E-state index contributed by atoms with van der Waals surface area (Å²) in [5, 5.41) is 2.66. The molecular weight excluding hydrogens is 169 g/mol. The van der Waals surface area contributed by atoms with Crippen molar-refractivity contribution >= 4 is 5.91 Å². The summed E-state index contributed by atoms with van der Waals surface area (Å²) in [5.74, 6) is -0.628. The molecule has 1 aliphatic rings. The van der Waals surface area contributed by atoms with E-state index >= 15 is 0 Å². The van der Waals surface area contributed by atoms with Crippen molar-refractivity contribution in [2.75, 3.05) is 0 Å². The Kier molecular flexibility index (Phi) is 3.07. The van der Waals surface area contributed by atoms with E-state index in [2.05, 4.69) is 12.2 Å². The summed E-state index contributed by atoms with van der Waals surface area (Å²) >= 11 is 0. The van der Waals surface area contributed by atoms with Crippen LogP contribution in [0.3, 0.4) is 0 Å². The second-order valence-corrected chi connectivity index (χ2v) is 3.80. The maximum atomic E-state index is 13.0. The van der Waals surface area contributed by atoms with Gasteiger partial charge in [-0.1, -0.05) is 13.3 Å². The highest BCUT2D eigenvalue weighted by molar-refractivity contribution is 5.92. The monoisotopic (exact) mass is 185 g/mol. The molecule has 0 unspecified atom stereocenters. The average Bonchev–Trinajstić information content (AvgIpc) is 2.81. The van der Waals surface area contributed by atoms with Gasteiger partial charge in [0.25, 0.3) is 5.91 Å². The molecule has 0 aromatic carbocycles. The van der Waals surface area contributed by atoms with Crippen LogP contribution in [-0.2, 0) is 4.79 Å². The van der Waals surface area contributed by atoms with E-state index in [1.165, 1.54) is 0 Å². The summed E-state index contributed by atoms with van der Waals surface area (Å²) in [5.41, 5.74) is 0.436. The molecule has 0 radical (unpaired) electrons. The molecule has 1 aliphatic carbocycles. The number of hydrogen-bond acceptors (Lipinski definition) is 1. The third kappa shape index (κ3) is 2.54. The van der Waals surface area contributed by atoms with Crippen molar-refractivity contribution in [1.82, 2.24) is 5.32 Å². The topological polar surface area (TPSA) is 29.1 Å². The highest BCUT2D eigenvalue weighted by atomic mass is 19.1. The molecule has 1 fully saturated rings. The molecule has 0 saturated heterocycles. The van der Waals surface area contributed by atoms with Gasteiger partial charge in [0.2, 0.25) is 0 Å². The van der Waals surface area contributed by atoms with Gasteiger partial charge in [0, 0.05) is 6.04 Å². The van der Waals surface area contributed by atoms with Gasteiger partial charge >= 0.3 is 0 Å². The highest BCUT2D eigenvalue weighted by Crippen LogP contribution is 2.33. The lowest BCUT2D eigenvalue weighted by atomic mass is 10.3. The van der Waals surface area contributed by atoms with Crippen LogP contribution in [0.2, 0.25) is 0 Å². The van der Waals surface area contributed by atoms with Gasteiger partial charge in [0.1, 0.15) is 0 Å². The third-order valence-electron chi connectivity index (χ3n) is 2.40. The van der Waals surface area contributed by atoms with E-state index in [0.29, 0.717) is 11.5 Å². The SMILES string of the molecule is CC[C@@H]1C[C@H]1NC(=O)C(F)=C(C)C. The molecule has 0 aromatic heterocycles. The van der Waals surface area contributed by atoms with Crippen molar-refractivity contribution in [2.45, 2.75) is 39.7 Å². The molecule has 0 spiro atoms. The molecule has 0 aromatic rings. The summed E-state index contributed by atoms with van der Waals surface area (Å²) < 4.78 is 13.0. The minimum absolute atomic E-state index is 0.211. The molecule has 0 heterocycles. The van der Waals surface area contributed by atoms with Gasteiger partial charge in [-0.2, -0.15) is 0 Å². The predicted octanol–water partition coefficient (Wildman–Crippen LogP) is 2.16. The van der Waals surface area contributed by atoms with E-state index < -0.39 is 11.7 Å². The fraction of sp³-hybridized carbons (Fsp3) is 0.700. The van der Waals surface area contributed by atoms with Crippen molar-refractivity contribution in [3.05, 3.63) is 11.4 Å². The maximum Gasteiger partial charge on any atom is 0.280 e. The van der Waals surface area contributed by atoms with Gasteiger partial charge < -0.3 is 5.32 Å². The molecule has 3 heteroatoms. The van der Waals surface area contributed by atoms with Crippen molar-refractivity contribution in [1.29, 1.82) is 0 Å². The predicted molar refractivity (Wildman–Crippen MR) is 49.8 cm³/mol. The van der Waals surface area contributed by atoms with Crippen LogP contribution in [-0.4, -0.2) is 11.9 Å². The molecule has 74 valence electrons. The zero-order valence-electron chi connectivity index (χ0n) is 8.36. The summed E-state index contributed by atoms with van der Waals surface area (Å²) in [7, 11) is 0. The number of nitrogens with one attached hydrogen (secondary N) is 1. The quantitative estimate of drug-likeness (QED) is 0.671. The first kappa shape index (κ1) is 10.2. The summed E-state index contributed by atoms with van der Waals surface area (Å²) in [6, 6.07) is 0.211. The minimum atomic E-state index is -0.637. The smallest absolute Gasteiger partial charge is 0.280 e. The molecular formula is C10H16FNO. The second-order valence-electron chi connectivity index (χ2n) is 3.80. The van der Waals surface area contributed by atoms with E-state index in [9.17, 15) is 9.18 Å². The van der Waals surface area contributed by atoms with Crippen LogP contribution in [0.15, 0.2) is 11.4 Å². The lowest BCUT2D eigenvalue weighted by Crippen LogP contribution is -2.27. The number of rotatable bonds is 3. The summed E-state index contributed by atoms with van der Waals surface area (Å²) in [6.07, 6.45) is 2.06. The van der Waals surface area contributed by atoms with Crippen LogP contribution >= 0.6 is 0 Å². The van der Waals surface area contributed by atoms with Crippen molar-refractivity contribution < 1.29 is 9.18 Å². The Labute approximate surface area is 78.2 Å². The van der Waals surface area contributed by atoms with Crippen LogP contribution in [0, 0.1) is 5.92 Å². The minimum Gasteiger partial charge on any atom is -0.347 e. The number of halogens is 1. The molecule has 0 aliphatic heterocycles. The van der Waals surface area contributed by atoms with Crippen LogP contribution in [0.25, 0.3) is 0 Å². The number of hydrogen-bond donors (Lipinski definition) is 1. The number of amides is 1. The second kappa shape index (κ2) is 3.90. The molecule has 1 rings (SSSR count). The number of allylic oxidation sites excluding steroid dienone is 1. The van der Waals surface area contributed by atoms with Crippen molar-refractivity contribution in [3.63, 3.8) is 0 Å². The van der Waals surface area contributed by atoms with Crippen molar-refractivity contribution in [2.24, 2.45) is 5.92 Å². The third-order valence-corrected chi connectivity index (χ3v) is 2.40. The van der Waals surface area contributed by atoms with Gasteiger partial charge in [0.05, 0.1) is 0 Å². The Morgan fingerprint density at radius 3 is 2.54 bits per heavy atom. The first-order valence-corrected chi connectivity index (χ1v) is 4.70. The fourth-order valence-electron chi connectivity index (χ4n) is 1.33. The van der Waals surface area contributed by atoms with Crippen LogP contribution in [0.1, 0.15) is 33.6 Å². The Bertz CT molecular complexity index is 243.